The van der Waals surface area contributed by atoms with Crippen LogP contribution in [0.3, 0.4) is 0 Å². The van der Waals surface area contributed by atoms with Crippen molar-refractivity contribution >= 4 is 39.3 Å². The first-order valence-corrected chi connectivity index (χ1v) is 11.7. The number of piperazine rings is 1. The minimum atomic E-state index is -0.167. The molecule has 4 rings (SSSR count). The van der Waals surface area contributed by atoms with Crippen LogP contribution in [0.5, 0.6) is 0 Å². The lowest BCUT2D eigenvalue weighted by molar-refractivity contribution is -0.138. The van der Waals surface area contributed by atoms with E-state index in [0.29, 0.717) is 39.1 Å². The van der Waals surface area contributed by atoms with Crippen molar-refractivity contribution < 1.29 is 14.4 Å². The molecule has 0 radical (unpaired) electrons. The molecule has 1 saturated heterocycles. The van der Waals surface area contributed by atoms with Crippen LogP contribution in [-0.2, 0) is 14.4 Å². The molecule has 0 saturated carbocycles. The van der Waals surface area contributed by atoms with Crippen LogP contribution in [-0.4, -0.2) is 65.2 Å². The van der Waals surface area contributed by atoms with E-state index in [1.165, 1.54) is 0 Å². The monoisotopic (exact) mass is 440 g/mol. The van der Waals surface area contributed by atoms with Crippen molar-refractivity contribution in [3.05, 3.63) is 41.4 Å². The fraction of sp³-hybridized carbons (Fsp3) is 0.478. The molecule has 164 valence electrons. The summed E-state index contributed by atoms with van der Waals surface area (Å²) >= 11 is 1.66. The molecule has 2 unspecified atom stereocenters. The van der Waals surface area contributed by atoms with E-state index in [-0.39, 0.29) is 36.0 Å². The Bertz CT molecular complexity index is 961. The van der Waals surface area contributed by atoms with Gasteiger partial charge in [0.1, 0.15) is 0 Å². The number of hydrogen-bond donors (Lipinski definition) is 1. The van der Waals surface area contributed by atoms with Gasteiger partial charge in [0.25, 0.3) is 0 Å². The lowest BCUT2D eigenvalue weighted by atomic mass is 9.82. The molecule has 1 aliphatic carbocycles. The number of nitrogens with one attached hydrogen (secondary N) is 1. The van der Waals surface area contributed by atoms with Crippen LogP contribution in [0.25, 0.3) is 10.2 Å². The summed E-state index contributed by atoms with van der Waals surface area (Å²) in [5, 5.41) is 3.98. The summed E-state index contributed by atoms with van der Waals surface area (Å²) < 4.78 is 1.14. The highest BCUT2D eigenvalue weighted by Gasteiger charge is 2.32. The van der Waals surface area contributed by atoms with Gasteiger partial charge in [0.2, 0.25) is 17.7 Å². The molecule has 2 aliphatic rings. The fourth-order valence-electron chi connectivity index (χ4n) is 4.28. The summed E-state index contributed by atoms with van der Waals surface area (Å²) in [7, 11) is 0. The third-order valence-corrected chi connectivity index (χ3v) is 7.28. The van der Waals surface area contributed by atoms with Crippen LogP contribution < -0.4 is 5.32 Å². The van der Waals surface area contributed by atoms with Crippen molar-refractivity contribution in [1.29, 1.82) is 0 Å². The number of benzene rings is 1. The normalized spacial score (nSPS) is 21.3. The molecule has 3 amide bonds. The van der Waals surface area contributed by atoms with Gasteiger partial charge in [-0.2, -0.15) is 0 Å². The second-order valence-electron chi connectivity index (χ2n) is 8.10. The molecule has 8 heteroatoms. The molecular weight excluding hydrogens is 412 g/mol. The van der Waals surface area contributed by atoms with E-state index >= 15 is 0 Å². The van der Waals surface area contributed by atoms with Crippen LogP contribution in [0, 0.1) is 5.92 Å². The molecule has 1 aliphatic heterocycles. The molecule has 31 heavy (non-hydrogen) atoms. The third-order valence-electron chi connectivity index (χ3n) is 6.11. The van der Waals surface area contributed by atoms with Crippen molar-refractivity contribution in [1.82, 2.24) is 20.1 Å². The summed E-state index contributed by atoms with van der Waals surface area (Å²) in [6.07, 6.45) is 5.96. The van der Waals surface area contributed by atoms with Crippen molar-refractivity contribution in [2.45, 2.75) is 32.1 Å². The molecule has 1 fully saturated rings. The minimum Gasteiger partial charge on any atom is -0.355 e. The van der Waals surface area contributed by atoms with Gasteiger partial charge in [0, 0.05) is 52.0 Å². The average molecular weight is 441 g/mol. The Morgan fingerprint density at radius 2 is 1.77 bits per heavy atom. The van der Waals surface area contributed by atoms with Crippen LogP contribution >= 0.6 is 11.3 Å². The molecule has 1 aromatic carbocycles. The number of thiazole rings is 1. The first kappa shape index (κ1) is 21.5. The van der Waals surface area contributed by atoms with E-state index < -0.39 is 0 Å². The SMILES string of the molecule is CC(=O)N1CCN(C(=O)CCNC(=O)C2CC=CCC2c2nc3ccccc3s2)CC1. The van der Waals surface area contributed by atoms with Gasteiger partial charge in [0.05, 0.1) is 21.1 Å². The van der Waals surface area contributed by atoms with Crippen LogP contribution in [0.1, 0.15) is 37.1 Å². The number of fused-ring (bicyclic) bond motifs is 1. The van der Waals surface area contributed by atoms with Crippen molar-refractivity contribution in [2.24, 2.45) is 5.92 Å². The second kappa shape index (κ2) is 9.60. The van der Waals surface area contributed by atoms with Crippen molar-refractivity contribution in [3.63, 3.8) is 0 Å². The number of hydrogen-bond acceptors (Lipinski definition) is 5. The topological polar surface area (TPSA) is 82.6 Å². The predicted molar refractivity (Wildman–Crippen MR) is 121 cm³/mol. The standard InChI is InChI=1S/C23H28N4O3S/c1-16(28)26-12-14-27(15-13-26)21(29)10-11-24-22(30)17-6-2-3-7-18(17)23-25-19-8-4-5-9-20(19)31-23/h2-5,8-9,17-18H,6-7,10-15H2,1H3,(H,24,30). The van der Waals surface area contributed by atoms with E-state index in [9.17, 15) is 14.4 Å². The number of carbonyl (C=O) groups excluding carboxylic acids is 3. The molecule has 2 heterocycles. The van der Waals surface area contributed by atoms with Gasteiger partial charge < -0.3 is 15.1 Å². The number of nitrogens with zero attached hydrogens (tertiary/aromatic N) is 3. The minimum absolute atomic E-state index is 0.0113. The Morgan fingerprint density at radius 3 is 2.52 bits per heavy atom. The first-order chi connectivity index (χ1) is 15.0. The van der Waals surface area contributed by atoms with Crippen molar-refractivity contribution in [2.75, 3.05) is 32.7 Å². The number of para-hydroxylation sites is 1. The quantitative estimate of drug-likeness (QED) is 0.725. The summed E-state index contributed by atoms with van der Waals surface area (Å²) in [5.41, 5.74) is 0.978. The van der Waals surface area contributed by atoms with Gasteiger partial charge in [-0.05, 0) is 25.0 Å². The molecule has 1 aromatic heterocycles. The van der Waals surface area contributed by atoms with E-state index in [0.717, 1.165) is 21.6 Å². The maximum Gasteiger partial charge on any atom is 0.224 e. The smallest absolute Gasteiger partial charge is 0.224 e. The highest BCUT2D eigenvalue weighted by atomic mass is 32.1. The number of allylic oxidation sites excluding steroid dienone is 2. The highest BCUT2D eigenvalue weighted by molar-refractivity contribution is 7.18. The Labute approximate surface area is 186 Å². The summed E-state index contributed by atoms with van der Waals surface area (Å²) in [4.78, 5) is 45.1. The molecule has 2 atom stereocenters. The molecule has 0 bridgehead atoms. The van der Waals surface area contributed by atoms with E-state index in [4.69, 9.17) is 4.98 Å². The van der Waals surface area contributed by atoms with Gasteiger partial charge in [-0.15, -0.1) is 11.3 Å². The van der Waals surface area contributed by atoms with Gasteiger partial charge >= 0.3 is 0 Å². The Balaban J connectivity index is 1.30. The predicted octanol–water partition coefficient (Wildman–Crippen LogP) is 2.54. The van der Waals surface area contributed by atoms with Gasteiger partial charge in [-0.1, -0.05) is 24.3 Å². The van der Waals surface area contributed by atoms with Crippen LogP contribution in [0.4, 0.5) is 0 Å². The maximum absolute atomic E-state index is 12.9. The zero-order valence-corrected chi connectivity index (χ0v) is 18.6. The van der Waals surface area contributed by atoms with Crippen LogP contribution in [0.15, 0.2) is 36.4 Å². The number of rotatable bonds is 5. The number of aromatic nitrogens is 1. The Hall–Kier alpha value is -2.74. The van der Waals surface area contributed by atoms with Crippen LogP contribution in [0.2, 0.25) is 0 Å². The lowest BCUT2D eigenvalue weighted by Crippen LogP contribution is -2.50. The van der Waals surface area contributed by atoms with E-state index in [1.807, 2.05) is 18.2 Å². The Kier molecular flexibility index (Phi) is 6.65. The molecular formula is C23H28N4O3S. The second-order valence-corrected chi connectivity index (χ2v) is 9.17. The third kappa shape index (κ3) is 4.95. The maximum atomic E-state index is 12.9. The summed E-state index contributed by atoms with van der Waals surface area (Å²) in [5.74, 6) is -0.0429. The highest BCUT2D eigenvalue weighted by Crippen LogP contribution is 2.38. The number of amides is 3. The van der Waals surface area contributed by atoms with Crippen molar-refractivity contribution in [3.8, 4) is 0 Å². The molecule has 0 spiro atoms. The van der Waals surface area contributed by atoms with Gasteiger partial charge in [0.15, 0.2) is 0 Å². The molecule has 1 N–H and O–H groups in total. The Morgan fingerprint density at radius 1 is 1.06 bits per heavy atom. The molecule has 2 aromatic rings. The zero-order valence-electron chi connectivity index (χ0n) is 17.8. The average Bonchev–Trinajstić information content (AvgIpc) is 3.23. The lowest BCUT2D eigenvalue weighted by Gasteiger charge is -2.34. The summed E-state index contributed by atoms with van der Waals surface area (Å²) in [6, 6.07) is 8.05. The van der Waals surface area contributed by atoms with E-state index in [2.05, 4.69) is 23.5 Å². The molecule has 7 nitrogen and oxygen atoms in total. The largest absolute Gasteiger partial charge is 0.355 e. The first-order valence-electron chi connectivity index (χ1n) is 10.8. The fourth-order valence-corrected chi connectivity index (χ4v) is 5.42. The number of carbonyl (C=O) groups is 3. The van der Waals surface area contributed by atoms with E-state index in [1.54, 1.807) is 28.1 Å². The zero-order chi connectivity index (χ0) is 21.8. The summed E-state index contributed by atoms with van der Waals surface area (Å²) in [6.45, 7) is 4.14. The van der Waals surface area contributed by atoms with Gasteiger partial charge in [-0.25, -0.2) is 4.98 Å². The van der Waals surface area contributed by atoms with Gasteiger partial charge in [-0.3, -0.25) is 14.4 Å².